The molecule has 0 saturated heterocycles. The summed E-state index contributed by atoms with van der Waals surface area (Å²) >= 11 is 0. The van der Waals surface area contributed by atoms with E-state index >= 15 is 0 Å². The molecule has 15 heavy (non-hydrogen) atoms. The van der Waals surface area contributed by atoms with E-state index in [1.165, 1.54) is 0 Å². The van der Waals surface area contributed by atoms with Crippen LogP contribution in [0.15, 0.2) is 30.3 Å². The molecule has 2 heterocycles. The summed E-state index contributed by atoms with van der Waals surface area (Å²) in [6.07, 6.45) is 1.56. The monoisotopic (exact) mass is 199 g/mol. The second-order valence-electron chi connectivity index (χ2n) is 3.83. The average Bonchev–Trinajstić information content (AvgIpc) is 2.68. The minimum atomic E-state index is -0.347. The Bertz CT molecular complexity index is 516. The van der Waals surface area contributed by atoms with Gasteiger partial charge < -0.3 is 0 Å². The van der Waals surface area contributed by atoms with E-state index in [1.807, 2.05) is 18.2 Å². The predicted molar refractivity (Wildman–Crippen MR) is 55.1 cm³/mol. The second-order valence-corrected chi connectivity index (χ2v) is 3.83. The van der Waals surface area contributed by atoms with Gasteiger partial charge in [0, 0.05) is 17.2 Å². The lowest BCUT2D eigenvalue weighted by atomic mass is 10.1. The van der Waals surface area contributed by atoms with Crippen LogP contribution in [0, 0.1) is 0 Å². The standard InChI is InChI=1S/C12H9NO2/c1-7-11(14)6-10-8-4-2-3-5-9(8)12(15)13(7)10/h2-7H,1H3. The fraction of sp³-hybridized carbons (Fsp3) is 0.167. The fourth-order valence-corrected chi connectivity index (χ4v) is 2.18. The number of hydrogen-bond donors (Lipinski definition) is 0. The fourth-order valence-electron chi connectivity index (χ4n) is 2.18. The highest BCUT2D eigenvalue weighted by Gasteiger charge is 2.41. The summed E-state index contributed by atoms with van der Waals surface area (Å²) in [4.78, 5) is 25.0. The second kappa shape index (κ2) is 2.57. The summed E-state index contributed by atoms with van der Waals surface area (Å²) in [5.74, 6) is -0.0527. The number of ketones is 1. The smallest absolute Gasteiger partial charge is 0.259 e. The summed E-state index contributed by atoms with van der Waals surface area (Å²) < 4.78 is 0. The van der Waals surface area contributed by atoms with Crippen molar-refractivity contribution >= 4 is 17.4 Å². The Morgan fingerprint density at radius 2 is 1.80 bits per heavy atom. The van der Waals surface area contributed by atoms with E-state index in [1.54, 1.807) is 24.0 Å². The number of amides is 1. The van der Waals surface area contributed by atoms with E-state index in [2.05, 4.69) is 0 Å². The highest BCUT2D eigenvalue weighted by Crippen LogP contribution is 2.37. The lowest BCUT2D eigenvalue weighted by Gasteiger charge is -2.16. The zero-order valence-corrected chi connectivity index (χ0v) is 8.23. The van der Waals surface area contributed by atoms with Gasteiger partial charge in [0.1, 0.15) is 0 Å². The molecular formula is C12H9NO2. The highest BCUT2D eigenvalue weighted by atomic mass is 16.2. The van der Waals surface area contributed by atoms with Gasteiger partial charge in [-0.25, -0.2) is 0 Å². The zero-order valence-electron chi connectivity index (χ0n) is 8.23. The topological polar surface area (TPSA) is 37.4 Å². The van der Waals surface area contributed by atoms with Crippen LogP contribution in [0.4, 0.5) is 0 Å². The molecule has 0 fully saturated rings. The molecule has 74 valence electrons. The number of fused-ring (bicyclic) bond motifs is 3. The molecule has 3 nitrogen and oxygen atoms in total. The lowest BCUT2D eigenvalue weighted by Crippen LogP contribution is -2.32. The van der Waals surface area contributed by atoms with Crippen LogP contribution < -0.4 is 0 Å². The van der Waals surface area contributed by atoms with E-state index in [9.17, 15) is 9.59 Å². The van der Waals surface area contributed by atoms with E-state index in [-0.39, 0.29) is 17.7 Å². The molecule has 0 radical (unpaired) electrons. The van der Waals surface area contributed by atoms with Crippen molar-refractivity contribution in [1.82, 2.24) is 4.90 Å². The molecule has 1 aromatic rings. The van der Waals surface area contributed by atoms with Crippen molar-refractivity contribution in [3.8, 4) is 0 Å². The molecule has 1 aromatic carbocycles. The first-order valence-corrected chi connectivity index (χ1v) is 4.88. The van der Waals surface area contributed by atoms with Crippen LogP contribution in [0.3, 0.4) is 0 Å². The summed E-state index contributed by atoms with van der Waals surface area (Å²) in [5, 5.41) is 0. The Hall–Kier alpha value is -1.90. The van der Waals surface area contributed by atoms with Crippen molar-refractivity contribution in [3.63, 3.8) is 0 Å². The molecule has 1 amide bonds. The molecule has 0 N–H and O–H groups in total. The van der Waals surface area contributed by atoms with Crippen molar-refractivity contribution in [3.05, 3.63) is 41.5 Å². The van der Waals surface area contributed by atoms with E-state index < -0.39 is 0 Å². The van der Waals surface area contributed by atoms with Gasteiger partial charge in [-0.05, 0) is 13.0 Å². The molecule has 0 saturated carbocycles. The van der Waals surface area contributed by atoms with E-state index in [0.29, 0.717) is 5.56 Å². The Kier molecular flexibility index (Phi) is 1.44. The Labute approximate surface area is 87.0 Å². The van der Waals surface area contributed by atoms with Gasteiger partial charge in [0.2, 0.25) is 0 Å². The predicted octanol–water partition coefficient (Wildman–Crippen LogP) is 1.45. The van der Waals surface area contributed by atoms with E-state index in [0.717, 1.165) is 11.3 Å². The van der Waals surface area contributed by atoms with Crippen LogP contribution in [-0.2, 0) is 4.79 Å². The summed E-state index contributed by atoms with van der Waals surface area (Å²) in [7, 11) is 0. The third-order valence-electron chi connectivity index (χ3n) is 2.99. The Morgan fingerprint density at radius 1 is 1.13 bits per heavy atom. The van der Waals surface area contributed by atoms with Crippen LogP contribution >= 0.6 is 0 Å². The molecule has 0 spiro atoms. The van der Waals surface area contributed by atoms with Gasteiger partial charge in [0.15, 0.2) is 5.78 Å². The van der Waals surface area contributed by atoms with Crippen molar-refractivity contribution in [2.45, 2.75) is 13.0 Å². The number of benzene rings is 1. The van der Waals surface area contributed by atoms with E-state index in [4.69, 9.17) is 0 Å². The normalized spacial score (nSPS) is 22.9. The van der Waals surface area contributed by atoms with Gasteiger partial charge in [-0.2, -0.15) is 0 Å². The molecular weight excluding hydrogens is 190 g/mol. The van der Waals surface area contributed by atoms with Crippen LogP contribution in [0.5, 0.6) is 0 Å². The number of rotatable bonds is 0. The van der Waals surface area contributed by atoms with Crippen molar-refractivity contribution in [2.24, 2.45) is 0 Å². The van der Waals surface area contributed by atoms with Crippen LogP contribution in [0.1, 0.15) is 22.8 Å². The van der Waals surface area contributed by atoms with Crippen LogP contribution in [-0.4, -0.2) is 22.6 Å². The molecule has 1 atom stereocenters. The third kappa shape index (κ3) is 0.897. The first-order chi connectivity index (χ1) is 7.20. The number of carbonyl (C=O) groups is 2. The van der Waals surface area contributed by atoms with Crippen LogP contribution in [0.25, 0.3) is 5.70 Å². The van der Waals surface area contributed by atoms with Gasteiger partial charge in [0.05, 0.1) is 11.7 Å². The molecule has 3 rings (SSSR count). The molecule has 3 heteroatoms. The molecule has 2 aliphatic heterocycles. The van der Waals surface area contributed by atoms with Gasteiger partial charge in [-0.1, -0.05) is 18.2 Å². The number of hydrogen-bond acceptors (Lipinski definition) is 2. The lowest BCUT2D eigenvalue weighted by molar-refractivity contribution is -0.116. The van der Waals surface area contributed by atoms with Crippen LogP contribution in [0.2, 0.25) is 0 Å². The first kappa shape index (κ1) is 8.41. The maximum atomic E-state index is 12.0. The molecule has 0 aromatic heterocycles. The largest absolute Gasteiger partial charge is 0.297 e. The molecule has 2 aliphatic rings. The van der Waals surface area contributed by atoms with Gasteiger partial charge >= 0.3 is 0 Å². The van der Waals surface area contributed by atoms with Crippen molar-refractivity contribution in [1.29, 1.82) is 0 Å². The Balaban J connectivity index is 2.26. The molecule has 0 aliphatic carbocycles. The van der Waals surface area contributed by atoms with Gasteiger partial charge in [0.25, 0.3) is 5.91 Å². The van der Waals surface area contributed by atoms with Crippen molar-refractivity contribution in [2.75, 3.05) is 0 Å². The first-order valence-electron chi connectivity index (χ1n) is 4.88. The quantitative estimate of drug-likeness (QED) is 0.634. The zero-order chi connectivity index (χ0) is 10.6. The Morgan fingerprint density at radius 3 is 2.53 bits per heavy atom. The average molecular weight is 199 g/mol. The maximum absolute atomic E-state index is 12.0. The maximum Gasteiger partial charge on any atom is 0.259 e. The summed E-state index contributed by atoms with van der Waals surface area (Å²) in [6.45, 7) is 1.76. The minimum Gasteiger partial charge on any atom is -0.297 e. The highest BCUT2D eigenvalue weighted by molar-refractivity contribution is 6.19. The van der Waals surface area contributed by atoms with Gasteiger partial charge in [-0.3, -0.25) is 14.5 Å². The van der Waals surface area contributed by atoms with Gasteiger partial charge in [-0.15, -0.1) is 0 Å². The SMILES string of the molecule is CC1C(=O)C=C2c3ccccc3C(=O)N21. The summed E-state index contributed by atoms with van der Waals surface area (Å²) in [6, 6.07) is 7.05. The number of nitrogens with zero attached hydrogens (tertiary/aromatic N) is 1. The minimum absolute atomic E-state index is 0.00727. The summed E-state index contributed by atoms with van der Waals surface area (Å²) in [5.41, 5.74) is 2.33. The molecule has 1 unspecified atom stereocenters. The van der Waals surface area contributed by atoms with Crippen molar-refractivity contribution < 1.29 is 9.59 Å². The third-order valence-corrected chi connectivity index (χ3v) is 2.99. The molecule has 0 bridgehead atoms. The number of carbonyl (C=O) groups excluding carboxylic acids is 2.